The van der Waals surface area contributed by atoms with Gasteiger partial charge in [0.1, 0.15) is 5.75 Å². The van der Waals surface area contributed by atoms with Gasteiger partial charge in [-0.05, 0) is 43.5 Å². The van der Waals surface area contributed by atoms with Crippen molar-refractivity contribution in [2.75, 3.05) is 6.61 Å². The Morgan fingerprint density at radius 2 is 2.19 bits per heavy atom. The van der Waals surface area contributed by atoms with Crippen LogP contribution in [0.25, 0.3) is 0 Å². The zero-order valence-corrected chi connectivity index (χ0v) is 10.8. The third-order valence-corrected chi connectivity index (χ3v) is 3.07. The lowest BCUT2D eigenvalue weighted by atomic mass is 10.2. The average Bonchev–Trinajstić information content (AvgIpc) is 2.22. The smallest absolute Gasteiger partial charge is 0.303 e. The Kier molecular flexibility index (Phi) is 5.32. The van der Waals surface area contributed by atoms with Gasteiger partial charge in [-0.25, -0.2) is 0 Å². The predicted octanol–water partition coefficient (Wildman–Crippen LogP) is 3.39. The van der Waals surface area contributed by atoms with Crippen LogP contribution in [-0.2, 0) is 4.79 Å². The molecule has 1 N–H and O–H groups in total. The molecule has 0 radical (unpaired) electrons. The molecule has 0 saturated heterocycles. The molecule has 1 rings (SSSR count). The number of carboxylic acids is 1. The fraction of sp³-hybridized carbons (Fsp3) is 0.417. The molecule has 0 aromatic heterocycles. The lowest BCUT2D eigenvalue weighted by Crippen LogP contribution is -2.00. The molecule has 0 aliphatic rings. The van der Waals surface area contributed by atoms with Crippen molar-refractivity contribution in [2.24, 2.45) is 0 Å². The first-order valence-electron chi connectivity index (χ1n) is 5.20. The maximum Gasteiger partial charge on any atom is 0.303 e. The average molecular weight is 287 g/mol. The van der Waals surface area contributed by atoms with Crippen LogP contribution in [0.1, 0.15) is 24.8 Å². The van der Waals surface area contributed by atoms with Crippen LogP contribution in [0, 0.1) is 6.92 Å². The van der Waals surface area contributed by atoms with Gasteiger partial charge < -0.3 is 9.84 Å². The van der Waals surface area contributed by atoms with Gasteiger partial charge in [-0.1, -0.05) is 15.9 Å². The number of hydrogen-bond acceptors (Lipinski definition) is 2. The molecular formula is C12H15BrO3. The summed E-state index contributed by atoms with van der Waals surface area (Å²) >= 11 is 3.42. The van der Waals surface area contributed by atoms with E-state index < -0.39 is 5.97 Å². The van der Waals surface area contributed by atoms with E-state index in [4.69, 9.17) is 9.84 Å². The summed E-state index contributed by atoms with van der Waals surface area (Å²) in [6.07, 6.45) is 1.63. The van der Waals surface area contributed by atoms with Crippen molar-refractivity contribution in [3.05, 3.63) is 28.2 Å². The normalized spacial score (nSPS) is 10.1. The van der Waals surface area contributed by atoms with Crippen molar-refractivity contribution >= 4 is 21.9 Å². The summed E-state index contributed by atoms with van der Waals surface area (Å²) in [7, 11) is 0. The summed E-state index contributed by atoms with van der Waals surface area (Å²) < 4.78 is 6.57. The minimum absolute atomic E-state index is 0.211. The maximum absolute atomic E-state index is 10.3. The van der Waals surface area contributed by atoms with Gasteiger partial charge in [0.25, 0.3) is 0 Å². The van der Waals surface area contributed by atoms with E-state index in [9.17, 15) is 4.79 Å². The van der Waals surface area contributed by atoms with Crippen LogP contribution in [0.4, 0.5) is 0 Å². The molecule has 88 valence electrons. The molecule has 0 amide bonds. The Morgan fingerprint density at radius 1 is 1.44 bits per heavy atom. The summed E-state index contributed by atoms with van der Waals surface area (Å²) in [6.45, 7) is 2.57. The molecule has 1 aromatic rings. The van der Waals surface area contributed by atoms with E-state index in [1.54, 1.807) is 0 Å². The molecule has 0 atom stereocenters. The molecule has 3 nitrogen and oxygen atoms in total. The molecule has 0 spiro atoms. The van der Waals surface area contributed by atoms with E-state index in [0.717, 1.165) is 22.2 Å². The third-order valence-electron chi connectivity index (χ3n) is 2.18. The summed E-state index contributed by atoms with van der Waals surface area (Å²) in [5, 5.41) is 8.45. The predicted molar refractivity (Wildman–Crippen MR) is 65.9 cm³/mol. The molecule has 0 heterocycles. The molecular weight excluding hydrogens is 272 g/mol. The molecule has 1 aromatic carbocycles. The number of aryl methyl sites for hydroxylation is 1. The van der Waals surface area contributed by atoms with Gasteiger partial charge in [-0.2, -0.15) is 0 Å². The zero-order chi connectivity index (χ0) is 12.0. The topological polar surface area (TPSA) is 46.5 Å². The first kappa shape index (κ1) is 13.0. The second-order valence-corrected chi connectivity index (χ2v) is 4.46. The van der Waals surface area contributed by atoms with Gasteiger partial charge in [-0.15, -0.1) is 0 Å². The highest BCUT2D eigenvalue weighted by molar-refractivity contribution is 9.10. The van der Waals surface area contributed by atoms with E-state index in [0.29, 0.717) is 13.0 Å². The molecule has 16 heavy (non-hydrogen) atoms. The van der Waals surface area contributed by atoms with Crippen LogP contribution >= 0.6 is 15.9 Å². The van der Waals surface area contributed by atoms with Crippen molar-refractivity contribution in [3.8, 4) is 5.75 Å². The molecule has 0 unspecified atom stereocenters. The lowest BCUT2D eigenvalue weighted by molar-refractivity contribution is -0.137. The first-order chi connectivity index (χ1) is 7.59. The van der Waals surface area contributed by atoms with Crippen molar-refractivity contribution in [1.82, 2.24) is 0 Å². The molecule has 4 heteroatoms. The summed E-state index contributed by atoms with van der Waals surface area (Å²) in [5.41, 5.74) is 1.13. The highest BCUT2D eigenvalue weighted by Crippen LogP contribution is 2.21. The Morgan fingerprint density at radius 3 is 2.81 bits per heavy atom. The summed E-state index contributed by atoms with van der Waals surface area (Å²) in [5.74, 6) is 0.0792. The Labute approximate surface area is 104 Å². The van der Waals surface area contributed by atoms with Gasteiger partial charge >= 0.3 is 5.97 Å². The summed E-state index contributed by atoms with van der Waals surface area (Å²) in [6, 6.07) is 5.80. The van der Waals surface area contributed by atoms with E-state index in [-0.39, 0.29) is 6.42 Å². The summed E-state index contributed by atoms with van der Waals surface area (Å²) in [4.78, 5) is 10.3. The minimum Gasteiger partial charge on any atom is -0.494 e. The quantitative estimate of drug-likeness (QED) is 0.816. The van der Waals surface area contributed by atoms with E-state index in [1.807, 2.05) is 25.1 Å². The number of halogens is 1. The van der Waals surface area contributed by atoms with Crippen LogP contribution in [0.5, 0.6) is 5.75 Å². The molecule has 0 saturated carbocycles. The fourth-order valence-electron chi connectivity index (χ4n) is 1.28. The van der Waals surface area contributed by atoms with Crippen LogP contribution in [0.2, 0.25) is 0 Å². The van der Waals surface area contributed by atoms with Crippen molar-refractivity contribution in [3.63, 3.8) is 0 Å². The largest absolute Gasteiger partial charge is 0.494 e. The van der Waals surface area contributed by atoms with Crippen molar-refractivity contribution in [1.29, 1.82) is 0 Å². The van der Waals surface area contributed by atoms with Gasteiger partial charge in [0.15, 0.2) is 0 Å². The highest BCUT2D eigenvalue weighted by atomic mass is 79.9. The monoisotopic (exact) mass is 286 g/mol. The second-order valence-electron chi connectivity index (χ2n) is 3.61. The van der Waals surface area contributed by atoms with Gasteiger partial charge in [0, 0.05) is 10.9 Å². The Bertz CT molecular complexity index is 363. The van der Waals surface area contributed by atoms with Gasteiger partial charge in [0.2, 0.25) is 0 Å². The number of rotatable bonds is 6. The lowest BCUT2D eigenvalue weighted by Gasteiger charge is -2.07. The zero-order valence-electron chi connectivity index (χ0n) is 9.20. The van der Waals surface area contributed by atoms with E-state index in [2.05, 4.69) is 15.9 Å². The van der Waals surface area contributed by atoms with Crippen molar-refractivity contribution in [2.45, 2.75) is 26.2 Å². The number of carboxylic acid groups (broad SMARTS) is 1. The van der Waals surface area contributed by atoms with Gasteiger partial charge in [-0.3, -0.25) is 4.79 Å². The van der Waals surface area contributed by atoms with Crippen LogP contribution < -0.4 is 4.74 Å². The number of ether oxygens (including phenoxy) is 1. The Hall–Kier alpha value is -1.03. The highest BCUT2D eigenvalue weighted by Gasteiger charge is 1.99. The minimum atomic E-state index is -0.750. The standard InChI is InChI=1S/C12H15BrO3/c1-9-8-10(5-6-11(9)13)16-7-3-2-4-12(14)15/h5-6,8H,2-4,7H2,1H3,(H,14,15). The second kappa shape index (κ2) is 6.53. The van der Waals surface area contributed by atoms with Crippen LogP contribution in [-0.4, -0.2) is 17.7 Å². The molecule has 0 aliphatic heterocycles. The van der Waals surface area contributed by atoms with Gasteiger partial charge in [0.05, 0.1) is 6.61 Å². The SMILES string of the molecule is Cc1cc(OCCCCC(=O)O)ccc1Br. The fourth-order valence-corrected chi connectivity index (χ4v) is 1.52. The number of carbonyl (C=O) groups is 1. The first-order valence-corrected chi connectivity index (χ1v) is 5.99. The third kappa shape index (κ3) is 4.66. The van der Waals surface area contributed by atoms with E-state index >= 15 is 0 Å². The van der Waals surface area contributed by atoms with Crippen LogP contribution in [0.15, 0.2) is 22.7 Å². The van der Waals surface area contributed by atoms with Crippen molar-refractivity contribution < 1.29 is 14.6 Å². The Balaban J connectivity index is 2.27. The molecule has 0 aliphatic carbocycles. The number of hydrogen-bond donors (Lipinski definition) is 1. The molecule has 0 bridgehead atoms. The van der Waals surface area contributed by atoms with E-state index in [1.165, 1.54) is 0 Å². The number of unbranched alkanes of at least 4 members (excludes halogenated alkanes) is 1. The maximum atomic E-state index is 10.3. The number of benzene rings is 1. The molecule has 0 fully saturated rings. The van der Waals surface area contributed by atoms with Crippen LogP contribution in [0.3, 0.4) is 0 Å². The number of aliphatic carboxylic acids is 1.